The van der Waals surface area contributed by atoms with Crippen LogP contribution in [0.3, 0.4) is 0 Å². The van der Waals surface area contributed by atoms with Crippen molar-refractivity contribution < 1.29 is 10.2 Å². The number of aromatic hydroxyl groups is 2. The number of benzene rings is 1. The average Bonchev–Trinajstić information content (AvgIpc) is 2.12. The van der Waals surface area contributed by atoms with Gasteiger partial charge in [0.1, 0.15) is 5.75 Å². The van der Waals surface area contributed by atoms with Crippen molar-refractivity contribution >= 4 is 10.8 Å². The van der Waals surface area contributed by atoms with Crippen molar-refractivity contribution in [2.45, 2.75) is 0 Å². The quantitative estimate of drug-likeness (QED) is 0.617. The summed E-state index contributed by atoms with van der Waals surface area (Å²) in [5.41, 5.74) is 0. The molecule has 12 heavy (non-hydrogen) atoms. The van der Waals surface area contributed by atoms with Gasteiger partial charge in [-0.15, -0.1) is 0 Å². The highest BCUT2D eigenvalue weighted by Gasteiger charge is 2.02. The minimum Gasteiger partial charge on any atom is -0.506 e. The summed E-state index contributed by atoms with van der Waals surface area (Å²) in [5, 5.41) is 19.8. The second kappa shape index (κ2) is 2.37. The molecule has 0 aliphatic carbocycles. The summed E-state index contributed by atoms with van der Waals surface area (Å²) in [5.74, 6) is 0.0341. The van der Waals surface area contributed by atoms with E-state index in [2.05, 4.69) is 4.98 Å². The molecule has 3 heteroatoms. The van der Waals surface area contributed by atoms with Crippen molar-refractivity contribution in [1.29, 1.82) is 0 Å². The molecule has 0 atom stereocenters. The maximum Gasteiger partial charge on any atom is 0.219 e. The normalized spacial score (nSPS) is 10.3. The zero-order valence-corrected chi connectivity index (χ0v) is 6.23. The number of hydrogen-bond acceptors (Lipinski definition) is 3. The molecular weight excluding hydrogens is 154 g/mol. The molecule has 2 N–H and O–H groups in total. The van der Waals surface area contributed by atoms with E-state index in [9.17, 15) is 10.2 Å². The van der Waals surface area contributed by atoms with Crippen LogP contribution in [0.4, 0.5) is 0 Å². The van der Waals surface area contributed by atoms with Gasteiger partial charge >= 0.3 is 0 Å². The minimum atomic E-state index is -0.0524. The van der Waals surface area contributed by atoms with Crippen LogP contribution >= 0.6 is 0 Å². The molecule has 0 aliphatic rings. The number of fused-ring (bicyclic) bond motifs is 1. The Hall–Kier alpha value is -1.77. The van der Waals surface area contributed by atoms with Gasteiger partial charge in [0, 0.05) is 10.8 Å². The number of nitrogens with zero attached hydrogens (tertiary/aromatic N) is 1. The fourth-order valence-electron chi connectivity index (χ4n) is 1.16. The summed E-state index contributed by atoms with van der Waals surface area (Å²) < 4.78 is 0. The van der Waals surface area contributed by atoms with Gasteiger partial charge in [-0.05, 0) is 6.07 Å². The molecule has 1 aromatic carbocycles. The van der Waals surface area contributed by atoms with Crippen LogP contribution in [0, 0.1) is 0 Å². The van der Waals surface area contributed by atoms with Crippen LogP contribution in [-0.2, 0) is 0 Å². The highest BCUT2D eigenvalue weighted by molar-refractivity contribution is 5.90. The minimum absolute atomic E-state index is 0.0524. The van der Waals surface area contributed by atoms with E-state index in [1.54, 1.807) is 24.3 Å². The third-order valence-corrected chi connectivity index (χ3v) is 1.75. The Morgan fingerprint density at radius 3 is 2.33 bits per heavy atom. The lowest BCUT2D eigenvalue weighted by Gasteiger charge is -2.00. The molecule has 60 valence electrons. The van der Waals surface area contributed by atoms with E-state index in [1.165, 1.54) is 6.20 Å². The van der Waals surface area contributed by atoms with Gasteiger partial charge in [-0.1, -0.05) is 18.2 Å². The van der Waals surface area contributed by atoms with E-state index in [4.69, 9.17) is 0 Å². The first kappa shape index (κ1) is 6.91. The average molecular weight is 161 g/mol. The first-order valence-corrected chi connectivity index (χ1v) is 3.55. The Bertz CT molecular complexity index is 385. The predicted octanol–water partition coefficient (Wildman–Crippen LogP) is 1.65. The zero-order chi connectivity index (χ0) is 8.55. The molecule has 2 aromatic rings. The Kier molecular flexibility index (Phi) is 1.37. The Morgan fingerprint density at radius 1 is 1.00 bits per heavy atom. The standard InChI is InChI=1S/C9H7NO2/c11-8-5-10-9(12)7-4-2-1-3-6(7)8/h1-5,11H,(H,10,12). The Balaban J connectivity index is 2.95. The molecule has 0 spiro atoms. The van der Waals surface area contributed by atoms with Crippen LogP contribution in [0.5, 0.6) is 11.6 Å². The third kappa shape index (κ3) is 0.871. The fourth-order valence-corrected chi connectivity index (χ4v) is 1.16. The molecular formula is C9H7NO2. The van der Waals surface area contributed by atoms with Crippen molar-refractivity contribution in [3.8, 4) is 11.6 Å². The van der Waals surface area contributed by atoms with E-state index in [-0.39, 0.29) is 11.6 Å². The number of rotatable bonds is 0. The molecule has 0 radical (unpaired) electrons. The maximum absolute atomic E-state index is 9.32. The Labute approximate surface area is 68.9 Å². The van der Waals surface area contributed by atoms with Crippen LogP contribution in [0.2, 0.25) is 0 Å². The smallest absolute Gasteiger partial charge is 0.219 e. The van der Waals surface area contributed by atoms with E-state index < -0.39 is 0 Å². The fraction of sp³-hybridized carbons (Fsp3) is 0. The summed E-state index contributed by atoms with van der Waals surface area (Å²) in [6, 6.07) is 7.01. The zero-order valence-electron chi connectivity index (χ0n) is 6.23. The maximum atomic E-state index is 9.32. The molecule has 0 fully saturated rings. The highest BCUT2D eigenvalue weighted by Crippen LogP contribution is 2.28. The van der Waals surface area contributed by atoms with Gasteiger partial charge in [0.05, 0.1) is 6.20 Å². The van der Waals surface area contributed by atoms with Crippen molar-refractivity contribution in [2.75, 3.05) is 0 Å². The van der Waals surface area contributed by atoms with E-state index >= 15 is 0 Å². The number of hydrogen-bond donors (Lipinski definition) is 2. The lowest BCUT2D eigenvalue weighted by atomic mass is 10.1. The monoisotopic (exact) mass is 161 g/mol. The van der Waals surface area contributed by atoms with Gasteiger partial charge in [0.25, 0.3) is 0 Å². The summed E-state index contributed by atoms with van der Waals surface area (Å²) in [6.07, 6.45) is 1.23. The lowest BCUT2D eigenvalue weighted by Crippen LogP contribution is -1.78. The van der Waals surface area contributed by atoms with Crippen molar-refractivity contribution in [2.24, 2.45) is 0 Å². The first-order chi connectivity index (χ1) is 5.79. The van der Waals surface area contributed by atoms with Crippen molar-refractivity contribution in [3.63, 3.8) is 0 Å². The van der Waals surface area contributed by atoms with Gasteiger partial charge < -0.3 is 10.2 Å². The molecule has 0 bridgehead atoms. The lowest BCUT2D eigenvalue weighted by molar-refractivity contribution is 0.449. The molecule has 3 nitrogen and oxygen atoms in total. The molecule has 0 unspecified atom stereocenters. The summed E-state index contributed by atoms with van der Waals surface area (Å²) >= 11 is 0. The second-order valence-corrected chi connectivity index (χ2v) is 2.51. The number of pyridine rings is 1. The van der Waals surface area contributed by atoms with Crippen LogP contribution in [-0.4, -0.2) is 15.2 Å². The van der Waals surface area contributed by atoms with Gasteiger partial charge in [-0.25, -0.2) is 4.98 Å². The van der Waals surface area contributed by atoms with Crippen LogP contribution < -0.4 is 0 Å². The summed E-state index contributed by atoms with van der Waals surface area (Å²) in [7, 11) is 0. The van der Waals surface area contributed by atoms with Gasteiger partial charge in [0.15, 0.2) is 0 Å². The number of aromatic nitrogens is 1. The predicted molar refractivity (Wildman–Crippen MR) is 45.1 cm³/mol. The van der Waals surface area contributed by atoms with Crippen LogP contribution in [0.1, 0.15) is 0 Å². The topological polar surface area (TPSA) is 53.4 Å². The molecule has 0 aliphatic heterocycles. The highest BCUT2D eigenvalue weighted by atomic mass is 16.3. The van der Waals surface area contributed by atoms with E-state index in [0.717, 1.165) is 0 Å². The molecule has 0 saturated heterocycles. The van der Waals surface area contributed by atoms with Gasteiger partial charge in [-0.2, -0.15) is 0 Å². The third-order valence-electron chi connectivity index (χ3n) is 1.75. The molecule has 1 heterocycles. The molecule has 2 rings (SSSR count). The largest absolute Gasteiger partial charge is 0.506 e. The Morgan fingerprint density at radius 2 is 1.67 bits per heavy atom. The summed E-state index contributed by atoms with van der Waals surface area (Å²) in [4.78, 5) is 3.61. The molecule has 0 saturated carbocycles. The van der Waals surface area contributed by atoms with E-state index in [1.807, 2.05) is 0 Å². The van der Waals surface area contributed by atoms with Crippen molar-refractivity contribution in [3.05, 3.63) is 30.5 Å². The van der Waals surface area contributed by atoms with E-state index in [0.29, 0.717) is 10.8 Å². The van der Waals surface area contributed by atoms with Gasteiger partial charge in [-0.3, -0.25) is 0 Å². The van der Waals surface area contributed by atoms with Gasteiger partial charge in [0.2, 0.25) is 5.88 Å². The first-order valence-electron chi connectivity index (χ1n) is 3.55. The van der Waals surface area contributed by atoms with Crippen LogP contribution in [0.15, 0.2) is 30.5 Å². The van der Waals surface area contributed by atoms with Crippen molar-refractivity contribution in [1.82, 2.24) is 4.98 Å². The van der Waals surface area contributed by atoms with Crippen LogP contribution in [0.25, 0.3) is 10.8 Å². The summed E-state index contributed by atoms with van der Waals surface area (Å²) in [6.45, 7) is 0. The molecule has 1 aromatic heterocycles. The second-order valence-electron chi connectivity index (χ2n) is 2.51. The molecule has 0 amide bonds. The SMILES string of the molecule is Oc1cnc(O)c2ccccc12.